The molecule has 134 valence electrons. The lowest BCUT2D eigenvalue weighted by Gasteiger charge is -2.06. The molecule has 2 heterocycles. The van der Waals surface area contributed by atoms with Crippen LogP contribution in [-0.4, -0.2) is 34.0 Å². The summed E-state index contributed by atoms with van der Waals surface area (Å²) in [6, 6.07) is 0. The monoisotopic (exact) mass is 383 g/mol. The van der Waals surface area contributed by atoms with Crippen LogP contribution >= 0.6 is 22.9 Å². The number of ketones is 1. The first-order valence-corrected chi connectivity index (χ1v) is 8.70. The van der Waals surface area contributed by atoms with E-state index in [0.29, 0.717) is 16.1 Å². The molecule has 0 radical (unpaired) electrons. The van der Waals surface area contributed by atoms with Crippen LogP contribution < -0.4 is 5.32 Å². The van der Waals surface area contributed by atoms with Crippen LogP contribution in [0.15, 0.2) is 0 Å². The zero-order valence-electron chi connectivity index (χ0n) is 14.5. The first kappa shape index (κ1) is 19.1. The maximum atomic E-state index is 12.5. The van der Waals surface area contributed by atoms with Gasteiger partial charge in [-0.1, -0.05) is 11.6 Å². The Morgan fingerprint density at radius 1 is 1.32 bits per heavy atom. The van der Waals surface area contributed by atoms with E-state index in [1.165, 1.54) is 11.6 Å². The van der Waals surface area contributed by atoms with Crippen molar-refractivity contribution in [1.82, 2.24) is 9.78 Å². The summed E-state index contributed by atoms with van der Waals surface area (Å²) in [4.78, 5) is 36.9. The fourth-order valence-corrected chi connectivity index (χ4v) is 3.61. The van der Waals surface area contributed by atoms with Gasteiger partial charge in [-0.25, -0.2) is 4.79 Å². The van der Waals surface area contributed by atoms with Crippen LogP contribution in [0.2, 0.25) is 5.02 Å². The minimum Gasteiger partial charge on any atom is -0.462 e. The van der Waals surface area contributed by atoms with E-state index in [-0.39, 0.29) is 33.7 Å². The lowest BCUT2D eigenvalue weighted by atomic mass is 10.1. The van der Waals surface area contributed by atoms with Crippen molar-refractivity contribution in [3.8, 4) is 0 Å². The summed E-state index contributed by atoms with van der Waals surface area (Å²) in [5.41, 5.74) is 1.35. The third-order valence-corrected chi connectivity index (χ3v) is 5.41. The molecule has 0 aromatic carbocycles. The highest BCUT2D eigenvalue weighted by Gasteiger charge is 2.27. The third-order valence-electron chi connectivity index (χ3n) is 3.65. The van der Waals surface area contributed by atoms with E-state index in [1.807, 2.05) is 0 Å². The van der Waals surface area contributed by atoms with E-state index < -0.39 is 11.9 Å². The molecule has 2 rings (SSSR count). The number of esters is 1. The Morgan fingerprint density at radius 3 is 2.44 bits per heavy atom. The van der Waals surface area contributed by atoms with Crippen LogP contribution in [0.25, 0.3) is 0 Å². The number of aryl methyl sites for hydroxylation is 1. The standard InChI is InChI=1S/C16H18ClN3O4S/c1-6-24-16(23)10-7(2)13(9(4)21)25-15(10)18-14(22)12-11(17)8(3)20(5)19-12/h6H2,1-5H3,(H,18,22). The number of Topliss-reactive ketones (excluding diaryl/α,β-unsaturated/α-hetero) is 1. The summed E-state index contributed by atoms with van der Waals surface area (Å²) in [6.07, 6.45) is 0. The number of amides is 1. The largest absolute Gasteiger partial charge is 0.462 e. The number of thiophene rings is 1. The fourth-order valence-electron chi connectivity index (χ4n) is 2.28. The number of ether oxygens (including phenoxy) is 1. The average Bonchev–Trinajstić information content (AvgIpc) is 2.99. The van der Waals surface area contributed by atoms with Gasteiger partial charge in [0.05, 0.1) is 27.8 Å². The molecular weight excluding hydrogens is 366 g/mol. The Balaban J connectivity index is 2.45. The molecule has 2 aromatic heterocycles. The average molecular weight is 384 g/mol. The minimum absolute atomic E-state index is 0.0481. The minimum atomic E-state index is -0.595. The van der Waals surface area contributed by atoms with Crippen molar-refractivity contribution in [2.24, 2.45) is 7.05 Å². The van der Waals surface area contributed by atoms with Gasteiger partial charge in [0.15, 0.2) is 11.5 Å². The van der Waals surface area contributed by atoms with Crippen LogP contribution in [0.5, 0.6) is 0 Å². The quantitative estimate of drug-likeness (QED) is 0.631. The van der Waals surface area contributed by atoms with Gasteiger partial charge in [0.2, 0.25) is 0 Å². The van der Waals surface area contributed by atoms with Crippen LogP contribution in [0.4, 0.5) is 5.00 Å². The number of halogens is 1. The molecule has 0 unspecified atom stereocenters. The molecule has 25 heavy (non-hydrogen) atoms. The SMILES string of the molecule is CCOC(=O)c1c(NC(=O)c2nn(C)c(C)c2Cl)sc(C(C)=O)c1C. The Bertz CT molecular complexity index is 869. The summed E-state index contributed by atoms with van der Waals surface area (Å²) in [5.74, 6) is -1.35. The first-order valence-electron chi connectivity index (χ1n) is 7.50. The summed E-state index contributed by atoms with van der Waals surface area (Å²) >= 11 is 7.16. The van der Waals surface area contributed by atoms with Crippen molar-refractivity contribution in [2.75, 3.05) is 11.9 Å². The number of carbonyl (C=O) groups is 3. The van der Waals surface area contributed by atoms with Gasteiger partial charge in [-0.3, -0.25) is 14.3 Å². The topological polar surface area (TPSA) is 90.3 Å². The van der Waals surface area contributed by atoms with Gasteiger partial charge in [0.25, 0.3) is 5.91 Å². The number of rotatable bonds is 5. The Kier molecular flexibility index (Phi) is 5.64. The molecule has 7 nitrogen and oxygen atoms in total. The molecule has 0 aliphatic rings. The van der Waals surface area contributed by atoms with E-state index in [2.05, 4.69) is 10.4 Å². The molecule has 0 aliphatic carbocycles. The van der Waals surface area contributed by atoms with Gasteiger partial charge >= 0.3 is 5.97 Å². The zero-order valence-corrected chi connectivity index (χ0v) is 16.1. The molecule has 1 N–H and O–H groups in total. The van der Waals surface area contributed by atoms with Crippen molar-refractivity contribution in [1.29, 1.82) is 0 Å². The Labute approximate surface area is 153 Å². The van der Waals surface area contributed by atoms with E-state index in [0.717, 1.165) is 11.3 Å². The van der Waals surface area contributed by atoms with Gasteiger partial charge < -0.3 is 10.1 Å². The summed E-state index contributed by atoms with van der Waals surface area (Å²) in [6.45, 7) is 6.65. The second-order valence-corrected chi connectivity index (χ2v) is 6.76. The number of aromatic nitrogens is 2. The van der Waals surface area contributed by atoms with Gasteiger partial charge in [-0.15, -0.1) is 11.3 Å². The van der Waals surface area contributed by atoms with Crippen molar-refractivity contribution in [2.45, 2.75) is 27.7 Å². The molecule has 2 aromatic rings. The molecule has 1 amide bonds. The first-order chi connectivity index (χ1) is 11.7. The van der Waals surface area contributed by atoms with E-state index in [9.17, 15) is 14.4 Å². The molecule has 0 atom stereocenters. The number of hydrogen-bond donors (Lipinski definition) is 1. The number of anilines is 1. The molecule has 0 bridgehead atoms. The number of nitrogens with zero attached hydrogens (tertiary/aromatic N) is 2. The second-order valence-electron chi connectivity index (χ2n) is 5.36. The summed E-state index contributed by atoms with van der Waals surface area (Å²) in [5, 5.41) is 7.18. The highest BCUT2D eigenvalue weighted by molar-refractivity contribution is 7.18. The van der Waals surface area contributed by atoms with E-state index >= 15 is 0 Å². The Morgan fingerprint density at radius 2 is 1.96 bits per heavy atom. The zero-order chi connectivity index (χ0) is 18.9. The summed E-state index contributed by atoms with van der Waals surface area (Å²) < 4.78 is 6.53. The molecule has 0 spiro atoms. The fraction of sp³-hybridized carbons (Fsp3) is 0.375. The summed E-state index contributed by atoms with van der Waals surface area (Å²) in [7, 11) is 1.67. The van der Waals surface area contributed by atoms with Gasteiger partial charge in [-0.2, -0.15) is 5.10 Å². The lowest BCUT2D eigenvalue weighted by molar-refractivity contribution is 0.0527. The highest BCUT2D eigenvalue weighted by atomic mass is 35.5. The van der Waals surface area contributed by atoms with Gasteiger partial charge in [-0.05, 0) is 33.3 Å². The normalized spacial score (nSPS) is 10.6. The lowest BCUT2D eigenvalue weighted by Crippen LogP contribution is -2.16. The van der Waals surface area contributed by atoms with Crippen molar-refractivity contribution in [3.05, 3.63) is 32.4 Å². The highest BCUT2D eigenvalue weighted by Crippen LogP contribution is 2.34. The maximum absolute atomic E-state index is 12.5. The van der Waals surface area contributed by atoms with E-state index in [1.54, 1.807) is 27.8 Å². The second kappa shape index (κ2) is 7.37. The number of carbonyl (C=O) groups excluding carboxylic acids is 3. The molecule has 9 heteroatoms. The van der Waals surface area contributed by atoms with Crippen molar-refractivity contribution in [3.63, 3.8) is 0 Å². The number of nitrogens with one attached hydrogen (secondary N) is 1. The van der Waals surface area contributed by atoms with Crippen molar-refractivity contribution < 1.29 is 19.1 Å². The van der Waals surface area contributed by atoms with Crippen LogP contribution in [0.1, 0.15) is 55.6 Å². The molecule has 0 saturated heterocycles. The molecule has 0 fully saturated rings. The smallest absolute Gasteiger partial charge is 0.341 e. The molecule has 0 saturated carbocycles. The van der Waals surface area contributed by atoms with Crippen LogP contribution in [0, 0.1) is 13.8 Å². The maximum Gasteiger partial charge on any atom is 0.341 e. The van der Waals surface area contributed by atoms with Crippen LogP contribution in [0.3, 0.4) is 0 Å². The van der Waals surface area contributed by atoms with Gasteiger partial charge in [0.1, 0.15) is 5.00 Å². The van der Waals surface area contributed by atoms with Gasteiger partial charge in [0, 0.05) is 7.05 Å². The van der Waals surface area contributed by atoms with Crippen LogP contribution in [-0.2, 0) is 11.8 Å². The van der Waals surface area contributed by atoms with Crippen molar-refractivity contribution >= 4 is 45.6 Å². The Hall–Kier alpha value is -2.19. The molecular formula is C16H18ClN3O4S. The number of hydrogen-bond acceptors (Lipinski definition) is 6. The molecule has 0 aliphatic heterocycles. The van der Waals surface area contributed by atoms with E-state index in [4.69, 9.17) is 16.3 Å². The predicted molar refractivity (Wildman–Crippen MR) is 95.9 cm³/mol. The predicted octanol–water partition coefficient (Wildman–Crippen LogP) is 3.38. The third kappa shape index (κ3) is 3.59.